The van der Waals surface area contributed by atoms with E-state index in [0.717, 1.165) is 28.5 Å². The Balaban J connectivity index is 1.94. The number of benzene rings is 1. The van der Waals surface area contributed by atoms with Gasteiger partial charge < -0.3 is 9.80 Å². The minimum atomic E-state index is -0.180. The van der Waals surface area contributed by atoms with Crippen molar-refractivity contribution in [3.05, 3.63) is 40.3 Å². The monoisotopic (exact) mass is 343 g/mol. The van der Waals surface area contributed by atoms with Crippen LogP contribution in [0.25, 0.3) is 0 Å². The molecule has 1 aliphatic rings. The molecular formula is C18H21N3O2S. The van der Waals surface area contributed by atoms with Crippen LogP contribution in [0.4, 0.5) is 11.4 Å². The van der Waals surface area contributed by atoms with Gasteiger partial charge in [-0.3, -0.25) is 9.59 Å². The molecule has 0 radical (unpaired) electrons. The molecule has 0 bridgehead atoms. The van der Waals surface area contributed by atoms with Crippen LogP contribution in [0.5, 0.6) is 0 Å². The highest BCUT2D eigenvalue weighted by Crippen LogP contribution is 2.34. The minimum Gasteiger partial charge on any atom is -0.313 e. The zero-order valence-electron chi connectivity index (χ0n) is 14.2. The Morgan fingerprint density at radius 1 is 1.33 bits per heavy atom. The molecule has 3 rings (SSSR count). The quantitative estimate of drug-likeness (QED) is 0.861. The number of fused-ring (bicyclic) bond motifs is 1. The van der Waals surface area contributed by atoms with E-state index in [2.05, 4.69) is 11.9 Å². The molecule has 0 N–H and O–H groups in total. The number of carbonyl (C=O) groups is 2. The molecule has 2 heterocycles. The van der Waals surface area contributed by atoms with Crippen LogP contribution in [0.15, 0.2) is 29.6 Å². The van der Waals surface area contributed by atoms with Crippen molar-refractivity contribution >= 4 is 34.5 Å². The van der Waals surface area contributed by atoms with Crippen molar-refractivity contribution in [2.45, 2.75) is 39.2 Å². The molecule has 0 saturated carbocycles. The number of aromatic nitrogens is 1. The fraction of sp³-hybridized carbons (Fsp3) is 0.389. The SMILES string of the molecule is CCc1nc(CC(=O)N2c3ccccc3N(C)C(=O)C[C@@H]2C)cs1. The van der Waals surface area contributed by atoms with Gasteiger partial charge in [0, 0.05) is 24.9 Å². The number of nitrogens with zero attached hydrogens (tertiary/aromatic N) is 3. The predicted octanol–water partition coefficient (Wildman–Crippen LogP) is 3.04. The number of thiazole rings is 1. The second-order valence-electron chi connectivity index (χ2n) is 6.02. The van der Waals surface area contributed by atoms with Crippen molar-refractivity contribution in [2.24, 2.45) is 0 Å². The second-order valence-corrected chi connectivity index (χ2v) is 6.96. The molecule has 6 heteroatoms. The number of rotatable bonds is 3. The Kier molecular flexibility index (Phi) is 4.66. The highest BCUT2D eigenvalue weighted by molar-refractivity contribution is 7.09. The maximum Gasteiger partial charge on any atom is 0.233 e. The summed E-state index contributed by atoms with van der Waals surface area (Å²) in [7, 11) is 1.76. The van der Waals surface area contributed by atoms with Gasteiger partial charge in [-0.25, -0.2) is 4.98 Å². The summed E-state index contributed by atoms with van der Waals surface area (Å²) < 4.78 is 0. The van der Waals surface area contributed by atoms with Crippen molar-refractivity contribution in [3.63, 3.8) is 0 Å². The lowest BCUT2D eigenvalue weighted by atomic mass is 10.1. The van der Waals surface area contributed by atoms with Gasteiger partial charge in [0.2, 0.25) is 11.8 Å². The lowest BCUT2D eigenvalue weighted by Crippen LogP contribution is -2.40. The number of amides is 2. The van der Waals surface area contributed by atoms with Crippen molar-refractivity contribution in [3.8, 4) is 0 Å². The van der Waals surface area contributed by atoms with Gasteiger partial charge in [0.25, 0.3) is 0 Å². The molecule has 0 unspecified atom stereocenters. The first-order chi connectivity index (χ1) is 11.5. The Labute approximate surface area is 145 Å². The van der Waals surface area contributed by atoms with Gasteiger partial charge in [0.05, 0.1) is 28.5 Å². The van der Waals surface area contributed by atoms with E-state index in [4.69, 9.17) is 0 Å². The Morgan fingerprint density at radius 2 is 2.04 bits per heavy atom. The first-order valence-corrected chi connectivity index (χ1v) is 9.00. The Bertz CT molecular complexity index is 771. The van der Waals surface area contributed by atoms with Gasteiger partial charge in [0.15, 0.2) is 0 Å². The molecule has 2 amide bonds. The summed E-state index contributed by atoms with van der Waals surface area (Å²) in [5.41, 5.74) is 2.36. The van der Waals surface area contributed by atoms with E-state index in [1.807, 2.05) is 36.6 Å². The molecule has 1 aliphatic heterocycles. The van der Waals surface area contributed by atoms with E-state index in [1.165, 1.54) is 0 Å². The molecule has 1 aromatic carbocycles. The first kappa shape index (κ1) is 16.6. The average Bonchev–Trinajstić information content (AvgIpc) is 2.98. The van der Waals surface area contributed by atoms with E-state index < -0.39 is 0 Å². The molecule has 24 heavy (non-hydrogen) atoms. The molecule has 2 aromatic rings. The smallest absolute Gasteiger partial charge is 0.233 e. The predicted molar refractivity (Wildman–Crippen MR) is 96.6 cm³/mol. The fourth-order valence-corrected chi connectivity index (χ4v) is 3.76. The van der Waals surface area contributed by atoms with Crippen LogP contribution in [0.3, 0.4) is 0 Å². The zero-order valence-corrected chi connectivity index (χ0v) is 15.0. The lowest BCUT2D eigenvalue weighted by Gasteiger charge is -2.28. The van der Waals surface area contributed by atoms with Crippen molar-refractivity contribution in [2.75, 3.05) is 16.8 Å². The van der Waals surface area contributed by atoms with Gasteiger partial charge in [-0.1, -0.05) is 19.1 Å². The number of carbonyl (C=O) groups excluding carboxylic acids is 2. The topological polar surface area (TPSA) is 53.5 Å². The van der Waals surface area contributed by atoms with Crippen molar-refractivity contribution in [1.82, 2.24) is 4.98 Å². The summed E-state index contributed by atoms with van der Waals surface area (Å²) in [6.45, 7) is 3.98. The van der Waals surface area contributed by atoms with Crippen LogP contribution < -0.4 is 9.80 Å². The van der Waals surface area contributed by atoms with Gasteiger partial charge in [0.1, 0.15) is 0 Å². The highest BCUT2D eigenvalue weighted by atomic mass is 32.1. The van der Waals surface area contributed by atoms with Crippen LogP contribution in [-0.2, 0) is 22.4 Å². The van der Waals surface area contributed by atoms with E-state index in [1.54, 1.807) is 28.2 Å². The summed E-state index contributed by atoms with van der Waals surface area (Å²) in [6, 6.07) is 7.38. The molecule has 1 atom stereocenters. The zero-order chi connectivity index (χ0) is 17.3. The van der Waals surface area contributed by atoms with Crippen LogP contribution in [0, 0.1) is 0 Å². The van der Waals surface area contributed by atoms with Crippen LogP contribution in [-0.4, -0.2) is 29.9 Å². The number of hydrogen-bond acceptors (Lipinski definition) is 4. The summed E-state index contributed by atoms with van der Waals surface area (Å²) in [5.74, 6) is -0.00168. The molecule has 1 aromatic heterocycles. The molecule has 5 nitrogen and oxygen atoms in total. The third-order valence-corrected chi connectivity index (χ3v) is 5.33. The Morgan fingerprint density at radius 3 is 2.71 bits per heavy atom. The first-order valence-electron chi connectivity index (χ1n) is 8.12. The van der Waals surface area contributed by atoms with Crippen LogP contribution in [0.2, 0.25) is 0 Å². The summed E-state index contributed by atoms with van der Waals surface area (Å²) in [5, 5.41) is 2.99. The number of hydrogen-bond donors (Lipinski definition) is 0. The van der Waals surface area contributed by atoms with Crippen LogP contribution in [0.1, 0.15) is 31.0 Å². The highest BCUT2D eigenvalue weighted by Gasteiger charge is 2.32. The third kappa shape index (κ3) is 3.06. The van der Waals surface area contributed by atoms with Crippen molar-refractivity contribution < 1.29 is 9.59 Å². The van der Waals surface area contributed by atoms with Gasteiger partial charge >= 0.3 is 0 Å². The van der Waals surface area contributed by atoms with E-state index in [-0.39, 0.29) is 24.3 Å². The standard InChI is InChI=1S/C18H21N3O2S/c1-4-16-19-13(11-24-16)10-18(23)21-12(2)9-17(22)20(3)14-7-5-6-8-15(14)21/h5-8,11-12H,4,9-10H2,1-3H3/t12-/m0/s1. The van der Waals surface area contributed by atoms with Gasteiger partial charge in [-0.2, -0.15) is 0 Å². The van der Waals surface area contributed by atoms with Gasteiger partial charge in [-0.15, -0.1) is 11.3 Å². The largest absolute Gasteiger partial charge is 0.313 e. The van der Waals surface area contributed by atoms with E-state index >= 15 is 0 Å². The van der Waals surface area contributed by atoms with E-state index in [9.17, 15) is 9.59 Å². The summed E-state index contributed by atoms with van der Waals surface area (Å²) in [4.78, 5) is 33.2. The number of anilines is 2. The molecule has 0 aliphatic carbocycles. The molecular weight excluding hydrogens is 322 g/mol. The minimum absolute atomic E-state index is 0.0205. The van der Waals surface area contributed by atoms with Crippen molar-refractivity contribution in [1.29, 1.82) is 0 Å². The summed E-state index contributed by atoms with van der Waals surface area (Å²) >= 11 is 1.59. The molecule has 0 saturated heterocycles. The maximum atomic E-state index is 13.0. The third-order valence-electron chi connectivity index (χ3n) is 4.29. The molecule has 0 fully saturated rings. The average molecular weight is 343 g/mol. The maximum absolute atomic E-state index is 13.0. The number of aryl methyl sites for hydroxylation is 1. The molecule has 126 valence electrons. The lowest BCUT2D eigenvalue weighted by molar-refractivity contribution is -0.119. The molecule has 0 spiro atoms. The van der Waals surface area contributed by atoms with Crippen LogP contribution >= 0.6 is 11.3 Å². The second kappa shape index (κ2) is 6.73. The van der Waals surface area contributed by atoms with E-state index in [0.29, 0.717) is 6.42 Å². The fourth-order valence-electron chi connectivity index (χ4n) is 3.02. The number of para-hydroxylation sites is 2. The summed E-state index contributed by atoms with van der Waals surface area (Å²) in [6.07, 6.45) is 1.45. The van der Waals surface area contributed by atoms with Gasteiger partial charge in [-0.05, 0) is 25.5 Å². The normalized spacial score (nSPS) is 17.6. The Hall–Kier alpha value is -2.21.